The molecule has 13 nitrogen and oxygen atoms in total. The highest BCUT2D eigenvalue weighted by Crippen LogP contribution is 2.20. The van der Waals surface area contributed by atoms with E-state index in [4.69, 9.17) is 5.11 Å². The van der Waals surface area contributed by atoms with Gasteiger partial charge in [-0.05, 0) is 41.5 Å². The Morgan fingerprint density at radius 3 is 2.11 bits per heavy atom. The monoisotopic (exact) mass is 633 g/mol. The number of nitrogens with zero attached hydrogens (tertiary/aromatic N) is 2. The third-order valence-corrected chi connectivity index (χ3v) is 8.92. The number of carbonyl (C=O) groups is 3. The molecular formula is C30H43N5O8S. The molecule has 44 heavy (non-hydrogen) atoms. The van der Waals surface area contributed by atoms with Gasteiger partial charge >= 0.3 is 6.09 Å². The number of benzene rings is 2. The van der Waals surface area contributed by atoms with Crippen LogP contribution in [0.4, 0.5) is 4.79 Å². The Bertz CT molecular complexity index is 1340. The summed E-state index contributed by atoms with van der Waals surface area (Å²) in [6.45, 7) is 6.39. The van der Waals surface area contributed by atoms with Gasteiger partial charge in [-0.15, -0.1) is 0 Å². The first-order valence-electron chi connectivity index (χ1n) is 14.4. The topological polar surface area (TPSA) is 195 Å². The molecule has 0 saturated carbocycles. The van der Waals surface area contributed by atoms with Crippen molar-refractivity contribution in [2.24, 2.45) is 17.0 Å². The van der Waals surface area contributed by atoms with Crippen molar-refractivity contribution < 1.29 is 33.0 Å². The number of hydrogen-bond acceptors (Lipinski definition) is 8. The lowest BCUT2D eigenvalue weighted by molar-refractivity contribution is -0.130. The number of rotatable bonds is 18. The van der Waals surface area contributed by atoms with Gasteiger partial charge in [0.25, 0.3) is 0 Å². The van der Waals surface area contributed by atoms with E-state index in [-0.39, 0.29) is 42.8 Å². The highest BCUT2D eigenvalue weighted by molar-refractivity contribution is 7.89. The van der Waals surface area contributed by atoms with Crippen molar-refractivity contribution in [3.63, 3.8) is 0 Å². The zero-order valence-corrected chi connectivity index (χ0v) is 26.3. The second kappa shape index (κ2) is 17.4. The van der Waals surface area contributed by atoms with Gasteiger partial charge in [-0.3, -0.25) is 9.59 Å². The number of nitrogens with one attached hydrogen (secondary N) is 3. The quantitative estimate of drug-likeness (QED) is 0.154. The van der Waals surface area contributed by atoms with Gasteiger partial charge < -0.3 is 26.2 Å². The maximum atomic E-state index is 13.7. The Morgan fingerprint density at radius 1 is 0.932 bits per heavy atom. The van der Waals surface area contributed by atoms with Crippen LogP contribution in [0.2, 0.25) is 0 Å². The molecule has 14 heteroatoms. The van der Waals surface area contributed by atoms with Crippen molar-refractivity contribution in [1.82, 2.24) is 20.3 Å². The standard InChI is InChI=1S/C30H43N5O8S/c1-5-21(4)28(34-27(37)17-31-30(39)40)29(38)33-25(15-22-9-7-6-8-10-22)26(36)19-35(18-20(2)3)44(42,43)24-13-11-23(12-14-24)16-32-41/h6-14,20-21,25-26,28,31,36H,5,15-19H2,1-4H3,(H,33,38)(H,34,37)(H,39,40)/t21-,25-,26+,28-/m0/s1. The van der Waals surface area contributed by atoms with Crippen LogP contribution in [0.1, 0.15) is 45.2 Å². The molecule has 4 atom stereocenters. The smallest absolute Gasteiger partial charge is 0.405 e. The summed E-state index contributed by atoms with van der Waals surface area (Å²) in [4.78, 5) is 47.3. The molecule has 242 valence electrons. The lowest BCUT2D eigenvalue weighted by Crippen LogP contribution is -2.57. The summed E-state index contributed by atoms with van der Waals surface area (Å²) in [6.07, 6.45) is -2.06. The number of aliphatic hydroxyl groups excluding tert-OH is 1. The molecule has 0 aliphatic carbocycles. The second-order valence-electron chi connectivity index (χ2n) is 11.1. The minimum atomic E-state index is -4.08. The Balaban J connectivity index is 2.37. The van der Waals surface area contributed by atoms with Crippen LogP contribution in [0, 0.1) is 16.7 Å². The molecule has 0 aliphatic rings. The van der Waals surface area contributed by atoms with E-state index < -0.39 is 52.7 Å². The highest BCUT2D eigenvalue weighted by Gasteiger charge is 2.34. The molecule has 3 amide bonds. The number of carbonyl (C=O) groups excluding carboxylic acids is 2. The van der Waals surface area contributed by atoms with Crippen LogP contribution in [0.25, 0.3) is 0 Å². The predicted molar refractivity (Wildman–Crippen MR) is 165 cm³/mol. The SMILES string of the molecule is CC[C@H](C)[C@H](NC(=O)CNC(=O)O)C(=O)N[C@@H](Cc1ccccc1)[C@H](O)CN(CC(C)C)S(=O)(=O)c1ccc(CN=O)cc1. The average molecular weight is 634 g/mol. The number of nitroso groups, excluding NO2 is 1. The van der Waals surface area contributed by atoms with Gasteiger partial charge in [0.1, 0.15) is 19.1 Å². The molecule has 0 spiro atoms. The van der Waals surface area contributed by atoms with Crippen molar-refractivity contribution in [1.29, 1.82) is 0 Å². The van der Waals surface area contributed by atoms with Gasteiger partial charge in [0.15, 0.2) is 0 Å². The number of hydrogen-bond donors (Lipinski definition) is 5. The van der Waals surface area contributed by atoms with E-state index >= 15 is 0 Å². The lowest BCUT2D eigenvalue weighted by Gasteiger charge is -2.32. The minimum absolute atomic E-state index is 0.0156. The van der Waals surface area contributed by atoms with E-state index in [1.54, 1.807) is 19.1 Å². The van der Waals surface area contributed by atoms with Crippen LogP contribution in [-0.2, 0) is 32.6 Å². The normalized spacial score (nSPS) is 14.3. The van der Waals surface area contributed by atoms with Crippen LogP contribution < -0.4 is 16.0 Å². The number of amides is 3. The highest BCUT2D eigenvalue weighted by atomic mass is 32.2. The molecule has 0 fully saturated rings. The van der Waals surface area contributed by atoms with Gasteiger partial charge in [-0.25, -0.2) is 13.2 Å². The molecule has 0 radical (unpaired) electrons. The minimum Gasteiger partial charge on any atom is -0.465 e. The van der Waals surface area contributed by atoms with Crippen molar-refractivity contribution in [3.8, 4) is 0 Å². The first-order chi connectivity index (χ1) is 20.8. The van der Waals surface area contributed by atoms with Crippen LogP contribution in [-0.4, -0.2) is 78.7 Å². The summed E-state index contributed by atoms with van der Waals surface area (Å²) in [5.41, 5.74) is 1.34. The third kappa shape index (κ3) is 11.3. The van der Waals surface area contributed by atoms with Crippen LogP contribution in [0.15, 0.2) is 64.7 Å². The lowest BCUT2D eigenvalue weighted by atomic mass is 9.96. The average Bonchev–Trinajstić information content (AvgIpc) is 2.98. The first-order valence-corrected chi connectivity index (χ1v) is 15.9. The Kier molecular flexibility index (Phi) is 14.4. The molecule has 2 aromatic carbocycles. The van der Waals surface area contributed by atoms with Crippen molar-refractivity contribution in [2.75, 3.05) is 19.6 Å². The van der Waals surface area contributed by atoms with Gasteiger partial charge in [0.2, 0.25) is 21.8 Å². The summed E-state index contributed by atoms with van der Waals surface area (Å²) in [5.74, 6) is -1.73. The molecule has 0 aliphatic heterocycles. The summed E-state index contributed by atoms with van der Waals surface area (Å²) in [7, 11) is -4.08. The summed E-state index contributed by atoms with van der Waals surface area (Å²) in [5, 5.41) is 30.5. The van der Waals surface area contributed by atoms with Gasteiger partial charge in [0.05, 0.1) is 17.0 Å². The van der Waals surface area contributed by atoms with E-state index in [0.29, 0.717) is 12.0 Å². The van der Waals surface area contributed by atoms with Crippen molar-refractivity contribution >= 4 is 27.9 Å². The van der Waals surface area contributed by atoms with Crippen LogP contribution >= 0.6 is 0 Å². The van der Waals surface area contributed by atoms with Crippen molar-refractivity contribution in [3.05, 3.63) is 70.6 Å². The number of aliphatic hydroxyl groups is 1. The summed E-state index contributed by atoms with van der Waals surface area (Å²) in [6, 6.07) is 12.9. The Morgan fingerprint density at radius 2 is 1.57 bits per heavy atom. The fraction of sp³-hybridized carbons (Fsp3) is 0.500. The maximum absolute atomic E-state index is 13.7. The molecule has 0 heterocycles. The molecule has 5 N–H and O–H groups in total. The largest absolute Gasteiger partial charge is 0.465 e. The number of carboxylic acid groups (broad SMARTS) is 1. The van der Waals surface area contributed by atoms with Crippen LogP contribution in [0.5, 0.6) is 0 Å². The van der Waals surface area contributed by atoms with E-state index in [1.807, 2.05) is 44.3 Å². The van der Waals surface area contributed by atoms with E-state index in [1.165, 1.54) is 28.6 Å². The van der Waals surface area contributed by atoms with E-state index in [0.717, 1.165) is 5.56 Å². The van der Waals surface area contributed by atoms with Crippen LogP contribution in [0.3, 0.4) is 0 Å². The predicted octanol–water partition coefficient (Wildman–Crippen LogP) is 2.49. The Labute approximate surface area is 258 Å². The molecular weight excluding hydrogens is 590 g/mol. The Hall–Kier alpha value is -3.88. The fourth-order valence-corrected chi connectivity index (χ4v) is 6.13. The fourth-order valence-electron chi connectivity index (χ4n) is 4.51. The second-order valence-corrected chi connectivity index (χ2v) is 13.0. The van der Waals surface area contributed by atoms with Gasteiger partial charge in [-0.1, -0.05) is 81.8 Å². The number of sulfonamides is 1. The van der Waals surface area contributed by atoms with Gasteiger partial charge in [-0.2, -0.15) is 9.21 Å². The van der Waals surface area contributed by atoms with E-state index in [2.05, 4.69) is 15.8 Å². The zero-order chi connectivity index (χ0) is 32.9. The molecule has 0 unspecified atom stereocenters. The van der Waals surface area contributed by atoms with E-state index in [9.17, 15) is 32.8 Å². The summed E-state index contributed by atoms with van der Waals surface area (Å²) >= 11 is 0. The molecule has 2 aromatic rings. The van der Waals surface area contributed by atoms with Gasteiger partial charge in [0, 0.05) is 13.1 Å². The van der Waals surface area contributed by atoms with Crippen molar-refractivity contribution in [2.45, 2.75) is 70.2 Å². The third-order valence-electron chi connectivity index (χ3n) is 7.07. The molecule has 0 saturated heterocycles. The maximum Gasteiger partial charge on any atom is 0.405 e. The molecule has 0 bridgehead atoms. The molecule has 0 aromatic heterocycles. The zero-order valence-electron chi connectivity index (χ0n) is 25.5. The first kappa shape index (κ1) is 36.3. The summed E-state index contributed by atoms with van der Waals surface area (Å²) < 4.78 is 28.6. The molecule has 2 rings (SSSR count).